The molecule has 8 nitrogen and oxygen atoms in total. The minimum Gasteiger partial charge on any atom is -0.497 e. The van der Waals surface area contributed by atoms with E-state index in [1.807, 2.05) is 25.1 Å². The van der Waals surface area contributed by atoms with Crippen LogP contribution in [0.25, 0.3) is 6.08 Å². The Morgan fingerprint density at radius 2 is 1.62 bits per heavy atom. The molecule has 1 aliphatic heterocycles. The molecule has 0 bridgehead atoms. The quantitative estimate of drug-likeness (QED) is 0.380. The van der Waals surface area contributed by atoms with Crippen molar-refractivity contribution < 1.29 is 22.7 Å². The summed E-state index contributed by atoms with van der Waals surface area (Å²) in [5, 5.41) is 0. The SMILES string of the molecule is COc1ccc(OC)c(N(CC(=O)N2CCN(C/C=C/c3ccccc3)CC2)S(=O)(=O)c2ccc(C)cc2)c1. The van der Waals surface area contributed by atoms with E-state index in [-0.39, 0.29) is 23.0 Å². The first-order chi connectivity index (χ1) is 18.8. The molecule has 0 unspecified atom stereocenters. The van der Waals surface area contributed by atoms with Crippen molar-refractivity contribution in [3.05, 3.63) is 90.0 Å². The van der Waals surface area contributed by atoms with Crippen LogP contribution in [0.4, 0.5) is 5.69 Å². The van der Waals surface area contributed by atoms with Crippen molar-refractivity contribution in [2.45, 2.75) is 11.8 Å². The van der Waals surface area contributed by atoms with Crippen LogP contribution < -0.4 is 13.8 Å². The van der Waals surface area contributed by atoms with Crippen LogP contribution in [-0.4, -0.2) is 77.6 Å². The van der Waals surface area contributed by atoms with Crippen molar-refractivity contribution in [1.82, 2.24) is 9.80 Å². The zero-order valence-electron chi connectivity index (χ0n) is 22.6. The second-order valence-electron chi connectivity index (χ2n) is 9.36. The highest BCUT2D eigenvalue weighted by atomic mass is 32.2. The van der Waals surface area contributed by atoms with Gasteiger partial charge in [-0.1, -0.05) is 60.2 Å². The Balaban J connectivity index is 1.51. The average Bonchev–Trinajstić information content (AvgIpc) is 2.96. The molecular weight excluding hydrogens is 514 g/mol. The van der Waals surface area contributed by atoms with Gasteiger partial charge < -0.3 is 14.4 Å². The second-order valence-corrected chi connectivity index (χ2v) is 11.2. The van der Waals surface area contributed by atoms with Crippen LogP contribution in [-0.2, 0) is 14.8 Å². The van der Waals surface area contributed by atoms with E-state index in [2.05, 4.69) is 29.2 Å². The molecule has 206 valence electrons. The lowest BCUT2D eigenvalue weighted by molar-refractivity contribution is -0.131. The Morgan fingerprint density at radius 3 is 2.26 bits per heavy atom. The number of sulfonamides is 1. The lowest BCUT2D eigenvalue weighted by Crippen LogP contribution is -2.51. The van der Waals surface area contributed by atoms with Crippen LogP contribution in [0.1, 0.15) is 11.1 Å². The van der Waals surface area contributed by atoms with Crippen molar-refractivity contribution in [1.29, 1.82) is 0 Å². The number of methoxy groups -OCH3 is 2. The van der Waals surface area contributed by atoms with Gasteiger partial charge >= 0.3 is 0 Å². The minimum atomic E-state index is -4.08. The molecule has 0 aromatic heterocycles. The number of ether oxygens (including phenoxy) is 2. The molecule has 0 N–H and O–H groups in total. The molecule has 1 fully saturated rings. The van der Waals surface area contributed by atoms with Gasteiger partial charge in [0.15, 0.2) is 0 Å². The van der Waals surface area contributed by atoms with Gasteiger partial charge in [0.25, 0.3) is 10.0 Å². The fraction of sp³-hybridized carbons (Fsp3) is 0.300. The summed E-state index contributed by atoms with van der Waals surface area (Å²) in [6.45, 7) is 4.77. The van der Waals surface area contributed by atoms with Gasteiger partial charge in [0.05, 0.1) is 24.8 Å². The van der Waals surface area contributed by atoms with Gasteiger partial charge in [0.1, 0.15) is 18.0 Å². The van der Waals surface area contributed by atoms with Gasteiger partial charge in [-0.25, -0.2) is 8.42 Å². The minimum absolute atomic E-state index is 0.0980. The predicted octanol–water partition coefficient (Wildman–Crippen LogP) is 4.07. The predicted molar refractivity (Wildman–Crippen MR) is 154 cm³/mol. The van der Waals surface area contributed by atoms with Gasteiger partial charge in [-0.05, 0) is 36.8 Å². The lowest BCUT2D eigenvalue weighted by Gasteiger charge is -2.35. The maximum atomic E-state index is 13.9. The van der Waals surface area contributed by atoms with Gasteiger partial charge in [-0.15, -0.1) is 0 Å². The van der Waals surface area contributed by atoms with E-state index in [1.165, 1.54) is 14.2 Å². The Kier molecular flexibility index (Phi) is 9.27. The van der Waals surface area contributed by atoms with E-state index in [1.54, 1.807) is 47.4 Å². The van der Waals surface area contributed by atoms with Crippen molar-refractivity contribution in [2.75, 3.05) is 57.8 Å². The van der Waals surface area contributed by atoms with Crippen LogP contribution in [0.15, 0.2) is 83.8 Å². The summed E-state index contributed by atoms with van der Waals surface area (Å²) in [5.74, 6) is 0.517. The Hall–Kier alpha value is -3.82. The number of amides is 1. The van der Waals surface area contributed by atoms with Crippen molar-refractivity contribution in [3.63, 3.8) is 0 Å². The molecule has 0 atom stereocenters. The number of carbonyl (C=O) groups excluding carboxylic acids is 1. The van der Waals surface area contributed by atoms with E-state index in [0.29, 0.717) is 37.7 Å². The zero-order chi connectivity index (χ0) is 27.8. The number of piperazine rings is 1. The van der Waals surface area contributed by atoms with E-state index >= 15 is 0 Å². The molecule has 1 aliphatic rings. The summed E-state index contributed by atoms with van der Waals surface area (Å²) >= 11 is 0. The van der Waals surface area contributed by atoms with Gasteiger partial charge in [-0.3, -0.25) is 14.0 Å². The molecule has 9 heteroatoms. The fourth-order valence-electron chi connectivity index (χ4n) is 4.43. The summed E-state index contributed by atoms with van der Waals surface area (Å²) in [5.41, 5.74) is 2.33. The molecule has 0 aliphatic carbocycles. The Labute approximate surface area is 231 Å². The lowest BCUT2D eigenvalue weighted by atomic mass is 10.2. The monoisotopic (exact) mass is 549 g/mol. The summed E-state index contributed by atoms with van der Waals surface area (Å²) in [6, 6.07) is 21.6. The molecule has 0 saturated carbocycles. The first-order valence-electron chi connectivity index (χ1n) is 12.8. The molecule has 3 aromatic rings. The summed E-state index contributed by atoms with van der Waals surface area (Å²) in [7, 11) is -1.11. The molecule has 1 heterocycles. The number of nitrogens with zero attached hydrogens (tertiary/aromatic N) is 3. The van der Waals surface area contributed by atoms with Crippen molar-refractivity contribution >= 4 is 27.7 Å². The van der Waals surface area contributed by atoms with Crippen molar-refractivity contribution in [2.24, 2.45) is 0 Å². The maximum Gasteiger partial charge on any atom is 0.264 e. The largest absolute Gasteiger partial charge is 0.497 e. The number of hydrogen-bond acceptors (Lipinski definition) is 6. The number of hydrogen-bond donors (Lipinski definition) is 0. The van der Waals surface area contributed by atoms with Gasteiger partial charge in [0.2, 0.25) is 5.91 Å². The van der Waals surface area contributed by atoms with Gasteiger partial charge in [0, 0.05) is 38.8 Å². The van der Waals surface area contributed by atoms with Crippen LogP contribution in [0.5, 0.6) is 11.5 Å². The fourth-order valence-corrected chi connectivity index (χ4v) is 5.85. The maximum absolute atomic E-state index is 13.9. The van der Waals surface area contributed by atoms with E-state index in [4.69, 9.17) is 9.47 Å². The summed E-state index contributed by atoms with van der Waals surface area (Å²) in [4.78, 5) is 17.6. The first kappa shape index (κ1) is 28.2. The summed E-state index contributed by atoms with van der Waals surface area (Å²) in [6.07, 6.45) is 4.21. The summed E-state index contributed by atoms with van der Waals surface area (Å²) < 4.78 is 39.7. The van der Waals surface area contributed by atoms with Crippen molar-refractivity contribution in [3.8, 4) is 11.5 Å². The van der Waals surface area contributed by atoms with E-state index in [0.717, 1.165) is 22.0 Å². The average molecular weight is 550 g/mol. The Morgan fingerprint density at radius 1 is 0.923 bits per heavy atom. The number of carbonyl (C=O) groups is 1. The Bertz CT molecular complexity index is 1380. The highest BCUT2D eigenvalue weighted by molar-refractivity contribution is 7.92. The van der Waals surface area contributed by atoms with E-state index < -0.39 is 10.0 Å². The van der Waals surface area contributed by atoms with Crippen LogP contribution >= 0.6 is 0 Å². The molecule has 0 spiro atoms. The molecule has 39 heavy (non-hydrogen) atoms. The first-order valence-corrected chi connectivity index (χ1v) is 14.3. The third kappa shape index (κ3) is 6.99. The zero-order valence-corrected chi connectivity index (χ0v) is 23.4. The smallest absolute Gasteiger partial charge is 0.264 e. The second kappa shape index (κ2) is 12.8. The highest BCUT2D eigenvalue weighted by Gasteiger charge is 2.32. The normalized spacial score (nSPS) is 14.4. The van der Waals surface area contributed by atoms with Crippen LogP contribution in [0.2, 0.25) is 0 Å². The number of benzene rings is 3. The highest BCUT2D eigenvalue weighted by Crippen LogP contribution is 2.35. The molecule has 1 amide bonds. The molecule has 4 rings (SSSR count). The third-order valence-corrected chi connectivity index (χ3v) is 8.51. The third-order valence-electron chi connectivity index (χ3n) is 6.74. The van der Waals surface area contributed by atoms with Crippen LogP contribution in [0, 0.1) is 6.92 Å². The topological polar surface area (TPSA) is 79.4 Å². The molecule has 1 saturated heterocycles. The molecule has 0 radical (unpaired) electrons. The van der Waals surface area contributed by atoms with Gasteiger partial charge in [-0.2, -0.15) is 0 Å². The standard InChI is InChI=1S/C30H35N3O5S/c1-24-11-14-27(15-12-24)39(35,36)33(28-22-26(37-2)13-16-29(28)38-3)23-30(34)32-20-18-31(19-21-32)17-7-10-25-8-5-4-6-9-25/h4-16,22H,17-21,23H2,1-3H3/b10-7+. The number of anilines is 1. The number of aryl methyl sites for hydroxylation is 1. The molecule has 3 aromatic carbocycles. The number of rotatable bonds is 10. The molecular formula is C30H35N3O5S. The van der Waals surface area contributed by atoms with Crippen LogP contribution in [0.3, 0.4) is 0 Å². The van der Waals surface area contributed by atoms with E-state index in [9.17, 15) is 13.2 Å².